The third kappa shape index (κ3) is 11.4. The van der Waals surface area contributed by atoms with Gasteiger partial charge in [0, 0.05) is 11.9 Å². The molecule has 1 amide bonds. The van der Waals surface area contributed by atoms with Crippen molar-refractivity contribution in [3.63, 3.8) is 0 Å². The van der Waals surface area contributed by atoms with Gasteiger partial charge in [-0.3, -0.25) is 9.59 Å². The van der Waals surface area contributed by atoms with E-state index in [4.69, 9.17) is 17.3 Å². The van der Waals surface area contributed by atoms with Crippen LogP contribution in [-0.2, 0) is 0 Å². The van der Waals surface area contributed by atoms with E-state index in [1.54, 1.807) is 0 Å². The van der Waals surface area contributed by atoms with Gasteiger partial charge in [-0.15, -0.1) is 0 Å². The van der Waals surface area contributed by atoms with Crippen molar-refractivity contribution in [2.45, 2.75) is 71.6 Å². The smallest absolute Gasteiger partial charge is 0.262 e. The van der Waals surface area contributed by atoms with Crippen molar-refractivity contribution in [2.24, 2.45) is 5.92 Å². The molecule has 0 spiro atoms. The zero-order chi connectivity index (χ0) is 23.1. The van der Waals surface area contributed by atoms with E-state index < -0.39 is 11.5 Å². The summed E-state index contributed by atoms with van der Waals surface area (Å²) in [4.78, 5) is 28.9. The van der Waals surface area contributed by atoms with Crippen LogP contribution in [0.15, 0.2) is 10.9 Å². The van der Waals surface area contributed by atoms with Gasteiger partial charge < -0.3 is 20.9 Å². The molecule has 8 heteroatoms. The van der Waals surface area contributed by atoms with Crippen molar-refractivity contribution in [3.05, 3.63) is 27.0 Å². The van der Waals surface area contributed by atoms with Gasteiger partial charge in [0.15, 0.2) is 0 Å². The number of carbonyl (C=O) groups excluding carboxylic acids is 1. The fourth-order valence-electron chi connectivity index (χ4n) is 3.54. The molecule has 0 aliphatic carbocycles. The molecule has 0 atom stereocenters. The maximum atomic E-state index is 12.2. The topological polar surface area (TPSA) is 91.2 Å². The number of piperidine rings is 1. The number of nitrogens with two attached hydrogens (primary N) is 1. The van der Waals surface area contributed by atoms with Crippen LogP contribution in [0.4, 0.5) is 5.82 Å². The summed E-state index contributed by atoms with van der Waals surface area (Å²) < 4.78 is 0. The molecule has 2 rings (SSSR count). The summed E-state index contributed by atoms with van der Waals surface area (Å²) >= 11 is 9.23. The largest absolute Gasteiger partial charge is 0.384 e. The number of nitrogens with zero attached hydrogens (tertiary/aromatic N) is 1. The lowest BCUT2D eigenvalue weighted by atomic mass is 9.96. The molecule has 4 N–H and O–H groups in total. The fraction of sp³-hybridized carbons (Fsp3) is 0.739. The molecule has 1 saturated heterocycles. The molecule has 0 aromatic carbocycles. The molecule has 1 aromatic rings. The summed E-state index contributed by atoms with van der Waals surface area (Å²) in [5, 5.41) is 4.20. The van der Waals surface area contributed by atoms with Crippen molar-refractivity contribution in [3.8, 4) is 0 Å². The molecule has 31 heavy (non-hydrogen) atoms. The van der Waals surface area contributed by atoms with Gasteiger partial charge in [-0.05, 0) is 57.3 Å². The number of pyridine rings is 1. The minimum atomic E-state index is -0.513. The minimum Gasteiger partial charge on any atom is -0.384 e. The Labute approximate surface area is 200 Å². The molecule has 1 aliphatic heterocycles. The number of anilines is 1. The second-order valence-electron chi connectivity index (χ2n) is 8.23. The number of alkyl halides is 1. The molecule has 6 nitrogen and oxygen atoms in total. The Kier molecular flexibility index (Phi) is 15.0. The molecular weight excluding hydrogens is 480 g/mol. The first-order valence-electron chi connectivity index (χ1n) is 11.7. The zero-order valence-corrected chi connectivity index (χ0v) is 21.5. The number of H-pyrrole nitrogens is 1. The lowest BCUT2D eigenvalue weighted by Gasteiger charge is -2.32. The Morgan fingerprint density at radius 2 is 1.84 bits per heavy atom. The van der Waals surface area contributed by atoms with Gasteiger partial charge in [0.05, 0.1) is 5.02 Å². The van der Waals surface area contributed by atoms with Crippen LogP contribution in [0.3, 0.4) is 0 Å². The summed E-state index contributed by atoms with van der Waals surface area (Å²) in [5.74, 6) is 0.138. The van der Waals surface area contributed by atoms with Crippen LogP contribution >= 0.6 is 27.5 Å². The highest BCUT2D eigenvalue weighted by molar-refractivity contribution is 9.09. The number of unbranched alkanes of at least 4 members (excludes halogenated alkanes) is 5. The number of halogens is 2. The third-order valence-electron chi connectivity index (χ3n) is 5.59. The number of hydrogen-bond acceptors (Lipinski definition) is 4. The van der Waals surface area contributed by atoms with Gasteiger partial charge in [-0.2, -0.15) is 0 Å². The number of aromatic amines is 1. The highest BCUT2D eigenvalue weighted by Gasteiger charge is 2.20. The summed E-state index contributed by atoms with van der Waals surface area (Å²) in [6.45, 7) is 8.37. The van der Waals surface area contributed by atoms with E-state index in [0.717, 1.165) is 25.9 Å². The minimum absolute atomic E-state index is 0.00700. The number of carbonyl (C=O) groups is 1. The molecule has 0 unspecified atom stereocenters. The van der Waals surface area contributed by atoms with Crippen molar-refractivity contribution >= 4 is 39.3 Å². The monoisotopic (exact) mass is 518 g/mol. The number of likely N-dealkylation sites (tertiary alicyclic amines) is 1. The summed E-state index contributed by atoms with van der Waals surface area (Å²) in [5.41, 5.74) is 5.02. The van der Waals surface area contributed by atoms with Crippen molar-refractivity contribution in [2.75, 3.05) is 37.2 Å². The van der Waals surface area contributed by atoms with Crippen LogP contribution in [0.5, 0.6) is 0 Å². The maximum Gasteiger partial charge on any atom is 0.262 e. The first kappa shape index (κ1) is 28.0. The first-order chi connectivity index (χ1) is 14.9. The fourth-order valence-corrected chi connectivity index (χ4v) is 4.09. The Morgan fingerprint density at radius 3 is 2.42 bits per heavy atom. The summed E-state index contributed by atoms with van der Waals surface area (Å²) in [7, 11) is 0. The predicted octanol–water partition coefficient (Wildman–Crippen LogP) is 5.20. The van der Waals surface area contributed by atoms with Gasteiger partial charge in [0.1, 0.15) is 11.4 Å². The number of nitrogen functional groups attached to an aromatic ring is 1. The molecule has 1 aliphatic rings. The third-order valence-corrected chi connectivity index (χ3v) is 6.46. The van der Waals surface area contributed by atoms with Crippen LogP contribution in [0.2, 0.25) is 5.02 Å². The molecule has 0 saturated carbocycles. The van der Waals surface area contributed by atoms with Gasteiger partial charge in [0.25, 0.3) is 11.5 Å². The molecule has 0 radical (unpaired) electrons. The molecule has 1 aromatic heterocycles. The average Bonchev–Trinajstić information content (AvgIpc) is 2.77. The van der Waals surface area contributed by atoms with E-state index in [0.29, 0.717) is 12.5 Å². The van der Waals surface area contributed by atoms with Gasteiger partial charge in [-0.25, -0.2) is 0 Å². The first-order valence-corrected chi connectivity index (χ1v) is 13.2. The average molecular weight is 520 g/mol. The normalized spacial score (nSPS) is 14.7. The lowest BCUT2D eigenvalue weighted by Crippen LogP contribution is -2.39. The van der Waals surface area contributed by atoms with Crippen LogP contribution in [-0.4, -0.2) is 47.3 Å². The van der Waals surface area contributed by atoms with Crippen molar-refractivity contribution in [1.29, 1.82) is 0 Å². The van der Waals surface area contributed by atoms with Crippen LogP contribution in [0.25, 0.3) is 0 Å². The Morgan fingerprint density at radius 1 is 1.19 bits per heavy atom. The molecule has 1 fully saturated rings. The van der Waals surface area contributed by atoms with E-state index in [-0.39, 0.29) is 16.4 Å². The SMILES string of the molecule is CCCCCBr.CCCCCCN1CCC(CNC(=O)c2cc(Cl)c(N)[nH]c2=O)CC1. The van der Waals surface area contributed by atoms with Crippen LogP contribution in [0, 0.1) is 5.92 Å². The molecule has 178 valence electrons. The molecule has 2 heterocycles. The lowest BCUT2D eigenvalue weighted by molar-refractivity contribution is 0.0934. The zero-order valence-electron chi connectivity index (χ0n) is 19.2. The quantitative estimate of drug-likeness (QED) is 0.277. The highest BCUT2D eigenvalue weighted by Crippen LogP contribution is 2.18. The van der Waals surface area contributed by atoms with Crippen LogP contribution < -0.4 is 16.6 Å². The Balaban J connectivity index is 0.000000703. The number of rotatable bonds is 11. The van der Waals surface area contributed by atoms with Gasteiger partial charge in [-0.1, -0.05) is 73.5 Å². The number of amides is 1. The number of nitrogens with one attached hydrogen (secondary N) is 2. The standard InChI is InChI=1S/C18H29ClN4O2.C5H11Br/c1-2-3-4-5-8-23-9-6-13(7-10-23)12-21-17(24)14-11-15(19)16(20)22-18(14)25;1-2-3-4-5-6/h11,13H,2-10,12H2,1H3,(H,21,24)(H3,20,22,25);2-5H2,1H3. The van der Waals surface area contributed by atoms with E-state index in [1.165, 1.54) is 62.9 Å². The van der Waals surface area contributed by atoms with Crippen molar-refractivity contribution < 1.29 is 4.79 Å². The molecule has 0 bridgehead atoms. The Hall–Kier alpha value is -1.05. The van der Waals surface area contributed by atoms with E-state index in [9.17, 15) is 9.59 Å². The number of hydrogen-bond donors (Lipinski definition) is 3. The second kappa shape index (κ2) is 16.6. The maximum absolute atomic E-state index is 12.2. The van der Waals surface area contributed by atoms with Crippen molar-refractivity contribution in [1.82, 2.24) is 15.2 Å². The predicted molar refractivity (Wildman–Crippen MR) is 135 cm³/mol. The van der Waals surface area contributed by atoms with Gasteiger partial charge in [0.2, 0.25) is 0 Å². The Bertz CT molecular complexity index is 687. The van der Waals surface area contributed by atoms with E-state index >= 15 is 0 Å². The van der Waals surface area contributed by atoms with E-state index in [2.05, 4.69) is 45.0 Å². The van der Waals surface area contributed by atoms with Gasteiger partial charge >= 0.3 is 0 Å². The second-order valence-corrected chi connectivity index (χ2v) is 9.43. The number of aromatic nitrogens is 1. The molecular formula is C23H40BrClN4O2. The summed E-state index contributed by atoms with van der Waals surface area (Å²) in [6, 6.07) is 1.32. The van der Waals surface area contributed by atoms with E-state index in [1.807, 2.05) is 0 Å². The summed E-state index contributed by atoms with van der Waals surface area (Å²) in [6.07, 6.45) is 11.3. The highest BCUT2D eigenvalue weighted by atomic mass is 79.9. The van der Waals surface area contributed by atoms with Crippen LogP contribution in [0.1, 0.15) is 82.0 Å².